The van der Waals surface area contributed by atoms with Crippen molar-refractivity contribution in [2.24, 2.45) is 0 Å². The topological polar surface area (TPSA) is 64.2 Å². The SMILES string of the molecule is COc1ccc(C(=O)/C=C/c2ccc(OC)c(CSc3nc4ccccc4[nH]3)c2)cc1. The summed E-state index contributed by atoms with van der Waals surface area (Å²) in [6, 6.07) is 20.9. The molecule has 1 aromatic heterocycles. The molecule has 0 aliphatic heterocycles. The summed E-state index contributed by atoms with van der Waals surface area (Å²) in [5, 5.41) is 0.860. The Hall–Kier alpha value is -3.51. The Morgan fingerprint density at radius 3 is 2.58 bits per heavy atom. The van der Waals surface area contributed by atoms with Crippen molar-refractivity contribution in [3.8, 4) is 11.5 Å². The number of carbonyl (C=O) groups excluding carboxylic acids is 1. The molecule has 4 rings (SSSR count). The molecule has 5 nitrogen and oxygen atoms in total. The monoisotopic (exact) mass is 430 g/mol. The maximum atomic E-state index is 12.5. The summed E-state index contributed by atoms with van der Waals surface area (Å²) in [5.74, 6) is 2.16. The number of ether oxygens (including phenoxy) is 2. The molecule has 1 N–H and O–H groups in total. The second kappa shape index (κ2) is 9.53. The van der Waals surface area contributed by atoms with Crippen molar-refractivity contribution < 1.29 is 14.3 Å². The van der Waals surface area contributed by atoms with Gasteiger partial charge in [0.05, 0.1) is 25.3 Å². The Balaban J connectivity index is 1.48. The number of rotatable bonds is 8. The number of benzene rings is 3. The first-order valence-electron chi connectivity index (χ1n) is 9.77. The van der Waals surface area contributed by atoms with E-state index in [-0.39, 0.29) is 5.78 Å². The van der Waals surface area contributed by atoms with Crippen LogP contribution in [0.4, 0.5) is 0 Å². The second-order valence-corrected chi connectivity index (χ2v) is 7.81. The zero-order valence-electron chi connectivity index (χ0n) is 17.3. The van der Waals surface area contributed by atoms with Crippen molar-refractivity contribution >= 4 is 34.7 Å². The van der Waals surface area contributed by atoms with E-state index in [2.05, 4.69) is 9.97 Å². The van der Waals surface area contributed by atoms with Gasteiger partial charge in [0.1, 0.15) is 11.5 Å². The van der Waals surface area contributed by atoms with E-state index in [9.17, 15) is 4.79 Å². The normalized spacial score (nSPS) is 11.2. The smallest absolute Gasteiger partial charge is 0.185 e. The molecule has 0 amide bonds. The third-order valence-electron chi connectivity index (χ3n) is 4.84. The number of aromatic amines is 1. The molecule has 0 radical (unpaired) electrons. The van der Waals surface area contributed by atoms with Gasteiger partial charge in [-0.25, -0.2) is 4.98 Å². The predicted molar refractivity (Wildman–Crippen MR) is 125 cm³/mol. The first-order valence-corrected chi connectivity index (χ1v) is 10.8. The van der Waals surface area contributed by atoms with Gasteiger partial charge < -0.3 is 14.5 Å². The maximum absolute atomic E-state index is 12.5. The van der Waals surface area contributed by atoms with Crippen molar-refractivity contribution in [3.63, 3.8) is 0 Å². The third-order valence-corrected chi connectivity index (χ3v) is 5.76. The number of ketones is 1. The van der Waals surface area contributed by atoms with Crippen molar-refractivity contribution in [2.45, 2.75) is 10.9 Å². The number of allylic oxidation sites excluding steroid dienone is 1. The highest BCUT2D eigenvalue weighted by Gasteiger charge is 2.08. The quantitative estimate of drug-likeness (QED) is 0.218. The number of nitrogens with zero attached hydrogens (tertiary/aromatic N) is 1. The largest absolute Gasteiger partial charge is 0.497 e. The van der Waals surface area contributed by atoms with Gasteiger partial charge in [-0.15, -0.1) is 0 Å². The number of methoxy groups -OCH3 is 2. The molecule has 31 heavy (non-hydrogen) atoms. The number of carbonyl (C=O) groups is 1. The van der Waals surface area contributed by atoms with Crippen LogP contribution in [0.5, 0.6) is 11.5 Å². The average molecular weight is 431 g/mol. The number of hydrogen-bond donors (Lipinski definition) is 1. The number of para-hydroxylation sites is 2. The fraction of sp³-hybridized carbons (Fsp3) is 0.120. The van der Waals surface area contributed by atoms with Crippen molar-refractivity contribution in [3.05, 3.63) is 89.5 Å². The average Bonchev–Trinajstić information content (AvgIpc) is 3.24. The van der Waals surface area contributed by atoms with Gasteiger partial charge in [-0.1, -0.05) is 36.0 Å². The number of thioether (sulfide) groups is 1. The lowest BCUT2D eigenvalue weighted by atomic mass is 10.1. The fourth-order valence-electron chi connectivity index (χ4n) is 3.18. The number of nitrogens with one attached hydrogen (secondary N) is 1. The molecule has 0 aliphatic carbocycles. The Bertz CT molecular complexity index is 1200. The van der Waals surface area contributed by atoms with Gasteiger partial charge in [0.15, 0.2) is 10.9 Å². The highest BCUT2D eigenvalue weighted by molar-refractivity contribution is 7.98. The molecule has 0 aliphatic rings. The van der Waals surface area contributed by atoms with Gasteiger partial charge in [0.2, 0.25) is 0 Å². The van der Waals surface area contributed by atoms with Crippen molar-refractivity contribution in [2.75, 3.05) is 14.2 Å². The number of H-pyrrole nitrogens is 1. The highest BCUT2D eigenvalue weighted by atomic mass is 32.2. The summed E-state index contributed by atoms with van der Waals surface area (Å²) in [6.07, 6.45) is 3.40. The standard InChI is InChI=1S/C25H22N2O3S/c1-29-20-11-9-18(10-12-20)23(28)13-7-17-8-14-24(30-2)19(15-17)16-31-25-26-21-5-3-4-6-22(21)27-25/h3-15H,16H2,1-2H3,(H,26,27)/b13-7+. The summed E-state index contributed by atoms with van der Waals surface area (Å²) < 4.78 is 10.7. The van der Waals surface area contributed by atoms with Crippen LogP contribution in [-0.2, 0) is 5.75 Å². The summed E-state index contributed by atoms with van der Waals surface area (Å²) in [7, 11) is 3.26. The molecule has 3 aromatic carbocycles. The van der Waals surface area contributed by atoms with E-state index in [4.69, 9.17) is 9.47 Å². The van der Waals surface area contributed by atoms with Crippen LogP contribution in [0.1, 0.15) is 21.5 Å². The van der Waals surface area contributed by atoms with E-state index in [0.29, 0.717) is 11.3 Å². The van der Waals surface area contributed by atoms with Crippen molar-refractivity contribution in [1.29, 1.82) is 0 Å². The molecule has 0 spiro atoms. The van der Waals surface area contributed by atoms with E-state index in [1.807, 2.05) is 48.5 Å². The summed E-state index contributed by atoms with van der Waals surface area (Å²) in [6.45, 7) is 0. The molecule has 0 atom stereocenters. The first kappa shape index (κ1) is 20.8. The minimum Gasteiger partial charge on any atom is -0.497 e. The van der Waals surface area contributed by atoms with Gasteiger partial charge >= 0.3 is 0 Å². The molecule has 6 heteroatoms. The van der Waals surface area contributed by atoms with Crippen LogP contribution in [0.2, 0.25) is 0 Å². The minimum atomic E-state index is -0.0586. The van der Waals surface area contributed by atoms with Gasteiger partial charge in [0, 0.05) is 16.9 Å². The minimum absolute atomic E-state index is 0.0586. The first-order chi connectivity index (χ1) is 15.2. The lowest BCUT2D eigenvalue weighted by molar-refractivity contribution is 0.104. The lowest BCUT2D eigenvalue weighted by Gasteiger charge is -2.08. The van der Waals surface area contributed by atoms with E-state index in [0.717, 1.165) is 38.8 Å². The maximum Gasteiger partial charge on any atom is 0.185 e. The zero-order valence-corrected chi connectivity index (χ0v) is 18.1. The van der Waals surface area contributed by atoms with E-state index in [1.165, 1.54) is 0 Å². The van der Waals surface area contributed by atoms with Gasteiger partial charge in [-0.2, -0.15) is 0 Å². The molecular weight excluding hydrogens is 408 g/mol. The molecule has 1 heterocycles. The van der Waals surface area contributed by atoms with Gasteiger partial charge in [0.25, 0.3) is 0 Å². The number of hydrogen-bond acceptors (Lipinski definition) is 5. The Morgan fingerprint density at radius 2 is 1.84 bits per heavy atom. The summed E-state index contributed by atoms with van der Waals surface area (Å²) in [4.78, 5) is 20.4. The third kappa shape index (κ3) is 4.98. The molecule has 0 saturated heterocycles. The fourth-order valence-corrected chi connectivity index (χ4v) is 4.05. The van der Waals surface area contributed by atoms with Crippen molar-refractivity contribution in [1.82, 2.24) is 9.97 Å². The number of aromatic nitrogens is 2. The Kier molecular flexibility index (Phi) is 6.38. The molecule has 4 aromatic rings. The number of fused-ring (bicyclic) bond motifs is 1. The molecule has 0 unspecified atom stereocenters. The second-order valence-electron chi connectivity index (χ2n) is 6.85. The van der Waals surface area contributed by atoms with Crippen LogP contribution in [-0.4, -0.2) is 30.0 Å². The van der Waals surface area contributed by atoms with Crippen LogP contribution in [0.3, 0.4) is 0 Å². The van der Waals surface area contributed by atoms with Crippen LogP contribution in [0.15, 0.2) is 78.0 Å². The van der Waals surface area contributed by atoms with Crippen LogP contribution < -0.4 is 9.47 Å². The van der Waals surface area contributed by atoms with E-state index >= 15 is 0 Å². The zero-order chi connectivity index (χ0) is 21.6. The summed E-state index contributed by atoms with van der Waals surface area (Å²) >= 11 is 1.61. The van der Waals surface area contributed by atoms with Crippen LogP contribution >= 0.6 is 11.8 Å². The van der Waals surface area contributed by atoms with Crippen LogP contribution in [0, 0.1) is 0 Å². The highest BCUT2D eigenvalue weighted by Crippen LogP contribution is 2.29. The Morgan fingerprint density at radius 1 is 1.03 bits per heavy atom. The molecule has 0 fully saturated rings. The Labute approximate surface area is 185 Å². The van der Waals surface area contributed by atoms with E-state index < -0.39 is 0 Å². The lowest BCUT2D eigenvalue weighted by Crippen LogP contribution is -1.95. The molecule has 156 valence electrons. The number of imidazole rings is 1. The van der Waals surface area contributed by atoms with Gasteiger partial charge in [-0.3, -0.25) is 4.79 Å². The molecular formula is C25H22N2O3S. The summed E-state index contributed by atoms with van der Waals surface area (Å²) in [5.41, 5.74) is 4.55. The van der Waals surface area contributed by atoms with Gasteiger partial charge in [-0.05, 0) is 60.2 Å². The molecule has 0 saturated carbocycles. The van der Waals surface area contributed by atoms with E-state index in [1.54, 1.807) is 56.3 Å². The molecule has 0 bridgehead atoms. The predicted octanol–water partition coefficient (Wildman–Crippen LogP) is 5.77. The van der Waals surface area contributed by atoms with Crippen LogP contribution in [0.25, 0.3) is 17.1 Å².